The van der Waals surface area contributed by atoms with Gasteiger partial charge in [0.25, 0.3) is 0 Å². The second-order valence-corrected chi connectivity index (χ2v) is 10.8. The third kappa shape index (κ3) is 12.0. The molecule has 0 heterocycles. The van der Waals surface area contributed by atoms with E-state index < -0.39 is 35.5 Å². The Hall–Kier alpha value is -3.30. The molecule has 0 bridgehead atoms. The lowest BCUT2D eigenvalue weighted by Gasteiger charge is -2.27. The van der Waals surface area contributed by atoms with E-state index in [9.17, 15) is 14.7 Å². The Balaban J connectivity index is 2.09. The van der Waals surface area contributed by atoms with Crippen molar-refractivity contribution in [2.75, 3.05) is 19.0 Å². The van der Waals surface area contributed by atoms with E-state index >= 15 is 0 Å². The first-order valence-electron chi connectivity index (χ1n) is 12.3. The summed E-state index contributed by atoms with van der Waals surface area (Å²) in [7, 11) is 1.61. The fourth-order valence-electron chi connectivity index (χ4n) is 3.48. The molecule has 0 radical (unpaired) electrons. The summed E-state index contributed by atoms with van der Waals surface area (Å²) in [5.74, 6) is 0.754. The van der Waals surface area contributed by atoms with Crippen molar-refractivity contribution in [2.45, 2.75) is 77.9 Å². The van der Waals surface area contributed by atoms with Gasteiger partial charge in [-0.3, -0.25) is 5.32 Å². The summed E-state index contributed by atoms with van der Waals surface area (Å²) in [6.45, 7) is 11.5. The van der Waals surface area contributed by atoms with Gasteiger partial charge < -0.3 is 30.0 Å². The Labute approximate surface area is 219 Å². The Morgan fingerprint density at radius 2 is 1.51 bits per heavy atom. The van der Waals surface area contributed by atoms with Gasteiger partial charge in [0.2, 0.25) is 0 Å². The molecule has 4 N–H and O–H groups in total. The van der Waals surface area contributed by atoms with Gasteiger partial charge >= 0.3 is 12.2 Å². The lowest BCUT2D eigenvalue weighted by molar-refractivity contribution is 0.0422. The maximum Gasteiger partial charge on any atom is 0.412 e. The molecule has 204 valence electrons. The topological polar surface area (TPSA) is 118 Å². The zero-order chi connectivity index (χ0) is 27.6. The predicted molar refractivity (Wildman–Crippen MR) is 144 cm³/mol. The quantitative estimate of drug-likeness (QED) is 0.364. The number of hydrogen-bond acceptors (Lipinski definition) is 7. The van der Waals surface area contributed by atoms with Crippen molar-refractivity contribution in [1.29, 1.82) is 0 Å². The zero-order valence-corrected chi connectivity index (χ0v) is 22.9. The normalized spacial score (nSPS) is 13.3. The van der Waals surface area contributed by atoms with E-state index in [0.29, 0.717) is 18.7 Å². The third-order valence-electron chi connectivity index (χ3n) is 5.01. The molecule has 9 nitrogen and oxygen atoms in total. The van der Waals surface area contributed by atoms with Crippen molar-refractivity contribution in [2.24, 2.45) is 0 Å². The summed E-state index contributed by atoms with van der Waals surface area (Å²) in [4.78, 5) is 24.7. The first-order valence-corrected chi connectivity index (χ1v) is 12.3. The fraction of sp³-hybridized carbons (Fsp3) is 0.500. The molecule has 2 aromatic rings. The molecule has 0 saturated carbocycles. The van der Waals surface area contributed by atoms with Crippen LogP contribution in [-0.4, -0.2) is 54.3 Å². The van der Waals surface area contributed by atoms with Gasteiger partial charge in [-0.2, -0.15) is 0 Å². The average Bonchev–Trinajstić information content (AvgIpc) is 2.76. The third-order valence-corrected chi connectivity index (χ3v) is 5.01. The van der Waals surface area contributed by atoms with E-state index in [4.69, 9.17) is 14.2 Å². The first-order chi connectivity index (χ1) is 17.2. The molecule has 0 aliphatic carbocycles. The second-order valence-electron chi connectivity index (χ2n) is 10.8. The summed E-state index contributed by atoms with van der Waals surface area (Å²) in [6.07, 6.45) is -1.78. The van der Waals surface area contributed by atoms with Crippen LogP contribution in [-0.2, 0) is 22.4 Å². The number of anilines is 1. The number of alkyl carbamates (subject to hydrolysis) is 1. The molecule has 0 aliphatic rings. The Morgan fingerprint density at radius 3 is 2.16 bits per heavy atom. The molecule has 0 aliphatic heterocycles. The maximum absolute atomic E-state index is 12.5. The van der Waals surface area contributed by atoms with Crippen molar-refractivity contribution < 1.29 is 28.9 Å². The van der Waals surface area contributed by atoms with Gasteiger partial charge in [-0.25, -0.2) is 9.59 Å². The van der Waals surface area contributed by atoms with E-state index in [-0.39, 0.29) is 6.54 Å². The van der Waals surface area contributed by atoms with Crippen LogP contribution in [0.25, 0.3) is 0 Å². The summed E-state index contributed by atoms with van der Waals surface area (Å²) in [5.41, 5.74) is 1.06. The summed E-state index contributed by atoms with van der Waals surface area (Å²) >= 11 is 0. The summed E-state index contributed by atoms with van der Waals surface area (Å²) < 4.78 is 16.0. The molecule has 9 heteroatoms. The number of methoxy groups -OCH3 is 1. The van der Waals surface area contributed by atoms with Gasteiger partial charge in [-0.05, 0) is 83.4 Å². The van der Waals surface area contributed by atoms with Gasteiger partial charge in [-0.1, -0.05) is 24.3 Å². The van der Waals surface area contributed by atoms with E-state index in [1.165, 1.54) is 0 Å². The zero-order valence-electron chi connectivity index (χ0n) is 22.9. The second kappa shape index (κ2) is 13.3. The standard InChI is InChI=1S/C28H41N3O6/c1-27(2,3)36-25(33)30-21-12-8-10-19(14-21)16-23(31-26(34)37-28(4,5)6)24(32)18-29-17-20-11-9-13-22(15-20)35-7/h8-15,23-24,29,32H,16-18H2,1-7H3,(H,30,33)(H,31,34)/t23?,24-/m1/s1. The predicted octanol–water partition coefficient (Wildman–Crippen LogP) is 4.63. The molecule has 0 aromatic heterocycles. The van der Waals surface area contributed by atoms with Crippen LogP contribution in [0.2, 0.25) is 0 Å². The number of benzene rings is 2. The number of amides is 2. The lowest BCUT2D eigenvalue weighted by Crippen LogP contribution is -2.49. The van der Waals surface area contributed by atoms with Crippen molar-refractivity contribution in [3.05, 3.63) is 59.7 Å². The minimum Gasteiger partial charge on any atom is -0.497 e. The van der Waals surface area contributed by atoms with Crippen LogP contribution < -0.4 is 20.7 Å². The highest BCUT2D eigenvalue weighted by Crippen LogP contribution is 2.17. The van der Waals surface area contributed by atoms with Gasteiger partial charge in [0.05, 0.1) is 19.3 Å². The van der Waals surface area contributed by atoms with Gasteiger partial charge in [0.15, 0.2) is 0 Å². The van der Waals surface area contributed by atoms with Gasteiger partial charge in [0.1, 0.15) is 17.0 Å². The highest BCUT2D eigenvalue weighted by Gasteiger charge is 2.25. The Kier molecular flexibility index (Phi) is 10.8. The van der Waals surface area contributed by atoms with Crippen molar-refractivity contribution in [3.8, 4) is 5.75 Å². The summed E-state index contributed by atoms with van der Waals surface area (Å²) in [5, 5.41) is 19.7. The Morgan fingerprint density at radius 1 is 0.892 bits per heavy atom. The SMILES string of the molecule is COc1cccc(CNC[C@@H](O)C(Cc2cccc(NC(=O)OC(C)(C)C)c2)NC(=O)OC(C)(C)C)c1. The lowest BCUT2D eigenvalue weighted by atomic mass is 10.0. The number of carbonyl (C=O) groups is 2. The van der Waals surface area contributed by atoms with Crippen LogP contribution in [0.4, 0.5) is 15.3 Å². The number of hydrogen-bond donors (Lipinski definition) is 4. The van der Waals surface area contributed by atoms with Crippen LogP contribution in [0.3, 0.4) is 0 Å². The highest BCUT2D eigenvalue weighted by atomic mass is 16.6. The molecular formula is C28H41N3O6. The average molecular weight is 516 g/mol. The van der Waals surface area contributed by atoms with Crippen LogP contribution in [0.1, 0.15) is 52.7 Å². The van der Waals surface area contributed by atoms with E-state index in [1.807, 2.05) is 30.3 Å². The summed E-state index contributed by atoms with van der Waals surface area (Å²) in [6, 6.07) is 14.2. The van der Waals surface area contributed by atoms with Gasteiger partial charge in [0, 0.05) is 18.8 Å². The smallest absolute Gasteiger partial charge is 0.412 e. The monoisotopic (exact) mass is 515 g/mol. The van der Waals surface area contributed by atoms with Crippen LogP contribution >= 0.6 is 0 Å². The molecule has 37 heavy (non-hydrogen) atoms. The molecular weight excluding hydrogens is 474 g/mol. The molecule has 2 aromatic carbocycles. The minimum absolute atomic E-state index is 0.230. The molecule has 2 atom stereocenters. The number of ether oxygens (including phenoxy) is 3. The Bertz CT molecular complexity index is 1030. The molecule has 1 unspecified atom stereocenters. The van der Waals surface area contributed by atoms with E-state index in [2.05, 4.69) is 16.0 Å². The van der Waals surface area contributed by atoms with Crippen molar-refractivity contribution in [3.63, 3.8) is 0 Å². The van der Waals surface area contributed by atoms with Crippen LogP contribution in [0.15, 0.2) is 48.5 Å². The molecule has 2 amide bonds. The number of carbonyl (C=O) groups excluding carboxylic acids is 2. The van der Waals surface area contributed by atoms with Crippen LogP contribution in [0.5, 0.6) is 5.75 Å². The maximum atomic E-state index is 12.5. The van der Waals surface area contributed by atoms with Crippen molar-refractivity contribution >= 4 is 17.9 Å². The van der Waals surface area contributed by atoms with Gasteiger partial charge in [-0.15, -0.1) is 0 Å². The number of nitrogens with one attached hydrogen (secondary N) is 3. The van der Waals surface area contributed by atoms with Crippen LogP contribution in [0, 0.1) is 0 Å². The molecule has 0 spiro atoms. The fourth-order valence-corrected chi connectivity index (χ4v) is 3.48. The number of rotatable bonds is 10. The highest BCUT2D eigenvalue weighted by molar-refractivity contribution is 5.84. The molecule has 0 saturated heterocycles. The molecule has 2 rings (SSSR count). The number of aliphatic hydroxyl groups excluding tert-OH is 1. The van der Waals surface area contributed by atoms with E-state index in [0.717, 1.165) is 16.9 Å². The molecule has 0 fully saturated rings. The number of aliphatic hydroxyl groups is 1. The first kappa shape index (κ1) is 29.9. The van der Waals surface area contributed by atoms with E-state index in [1.54, 1.807) is 66.9 Å². The van der Waals surface area contributed by atoms with Crippen molar-refractivity contribution in [1.82, 2.24) is 10.6 Å². The minimum atomic E-state index is -0.916. The largest absolute Gasteiger partial charge is 0.497 e.